The number of aryl methyl sites for hydroxylation is 1. The lowest BCUT2D eigenvalue weighted by Crippen LogP contribution is -2.34. The standard InChI is InChI=1S/C15H17N3O4/c1-18-13(19)7-6-12(17-18)15(22)16-11-4-2-3-10(9-11)5-8-14(20)21/h2-4,9H,5-8H2,1H3,(H,16,22)(H,20,21). The SMILES string of the molecule is CN1N=C(C(=O)Nc2cccc(CCC(=O)O)c2)CCC1=O. The highest BCUT2D eigenvalue weighted by molar-refractivity contribution is 6.43. The first-order chi connectivity index (χ1) is 10.5. The largest absolute Gasteiger partial charge is 0.481 e. The van der Waals surface area contributed by atoms with Crippen molar-refractivity contribution >= 4 is 29.2 Å². The third kappa shape index (κ3) is 4.15. The van der Waals surface area contributed by atoms with Gasteiger partial charge in [0.25, 0.3) is 5.91 Å². The summed E-state index contributed by atoms with van der Waals surface area (Å²) in [7, 11) is 1.52. The number of amides is 2. The Balaban J connectivity index is 2.02. The van der Waals surface area contributed by atoms with Gasteiger partial charge < -0.3 is 10.4 Å². The van der Waals surface area contributed by atoms with Gasteiger partial charge in [-0.15, -0.1) is 0 Å². The predicted molar refractivity (Wildman–Crippen MR) is 80.5 cm³/mol. The summed E-state index contributed by atoms with van der Waals surface area (Å²) in [5.74, 6) is -1.33. The molecule has 7 heteroatoms. The molecule has 0 saturated heterocycles. The molecule has 1 heterocycles. The zero-order valence-electron chi connectivity index (χ0n) is 12.2. The number of hydrogen-bond donors (Lipinski definition) is 2. The minimum atomic E-state index is -0.862. The molecule has 2 amide bonds. The van der Waals surface area contributed by atoms with E-state index < -0.39 is 5.97 Å². The number of hydrazone groups is 1. The molecule has 1 aromatic carbocycles. The van der Waals surface area contributed by atoms with Crippen molar-refractivity contribution in [2.75, 3.05) is 12.4 Å². The second kappa shape index (κ2) is 6.84. The number of aliphatic carboxylic acids is 1. The van der Waals surface area contributed by atoms with E-state index in [9.17, 15) is 14.4 Å². The molecule has 2 rings (SSSR count). The summed E-state index contributed by atoms with van der Waals surface area (Å²) < 4.78 is 0. The van der Waals surface area contributed by atoms with Gasteiger partial charge in [0, 0.05) is 32.0 Å². The molecule has 0 spiro atoms. The van der Waals surface area contributed by atoms with Crippen LogP contribution in [0.25, 0.3) is 0 Å². The van der Waals surface area contributed by atoms with Gasteiger partial charge in [0.2, 0.25) is 5.91 Å². The first-order valence-corrected chi connectivity index (χ1v) is 6.92. The van der Waals surface area contributed by atoms with Gasteiger partial charge in [-0.3, -0.25) is 14.4 Å². The average Bonchev–Trinajstić information content (AvgIpc) is 2.48. The van der Waals surface area contributed by atoms with Crippen molar-refractivity contribution in [1.29, 1.82) is 0 Å². The Morgan fingerprint density at radius 3 is 2.82 bits per heavy atom. The van der Waals surface area contributed by atoms with E-state index in [2.05, 4.69) is 10.4 Å². The van der Waals surface area contributed by atoms with Crippen LogP contribution in [0.2, 0.25) is 0 Å². The summed E-state index contributed by atoms with van der Waals surface area (Å²) in [6, 6.07) is 7.02. The second-order valence-corrected chi connectivity index (χ2v) is 5.01. The van der Waals surface area contributed by atoms with Crippen molar-refractivity contribution in [2.24, 2.45) is 5.10 Å². The first kappa shape index (κ1) is 15.7. The zero-order valence-corrected chi connectivity index (χ0v) is 12.2. The van der Waals surface area contributed by atoms with Crippen molar-refractivity contribution in [3.8, 4) is 0 Å². The normalized spacial score (nSPS) is 14.5. The molecule has 0 atom stereocenters. The number of carboxylic acids is 1. The molecule has 0 aromatic heterocycles. The summed E-state index contributed by atoms with van der Waals surface area (Å²) in [4.78, 5) is 34.0. The fourth-order valence-corrected chi connectivity index (χ4v) is 2.09. The molecule has 22 heavy (non-hydrogen) atoms. The third-order valence-electron chi connectivity index (χ3n) is 3.28. The topological polar surface area (TPSA) is 99.1 Å². The highest BCUT2D eigenvalue weighted by atomic mass is 16.4. The Hall–Kier alpha value is -2.70. The fourth-order valence-electron chi connectivity index (χ4n) is 2.09. The molecule has 1 aliphatic rings. The molecule has 2 N–H and O–H groups in total. The van der Waals surface area contributed by atoms with E-state index in [-0.39, 0.29) is 24.7 Å². The maximum atomic E-state index is 12.1. The van der Waals surface area contributed by atoms with Crippen LogP contribution in [-0.2, 0) is 20.8 Å². The van der Waals surface area contributed by atoms with Crippen LogP contribution in [0.3, 0.4) is 0 Å². The van der Waals surface area contributed by atoms with Crippen LogP contribution in [0.4, 0.5) is 5.69 Å². The van der Waals surface area contributed by atoms with Crippen LogP contribution in [0.5, 0.6) is 0 Å². The molecule has 0 saturated carbocycles. The molecular formula is C15H17N3O4. The number of hydrogen-bond acceptors (Lipinski definition) is 4. The van der Waals surface area contributed by atoms with E-state index in [1.807, 2.05) is 6.07 Å². The summed E-state index contributed by atoms with van der Waals surface area (Å²) in [5.41, 5.74) is 1.71. The first-order valence-electron chi connectivity index (χ1n) is 6.92. The van der Waals surface area contributed by atoms with Crippen molar-refractivity contribution < 1.29 is 19.5 Å². The van der Waals surface area contributed by atoms with E-state index in [4.69, 9.17) is 5.11 Å². The molecule has 0 bridgehead atoms. The number of rotatable bonds is 5. The molecule has 1 aromatic rings. The Kier molecular flexibility index (Phi) is 4.88. The second-order valence-electron chi connectivity index (χ2n) is 5.01. The van der Waals surface area contributed by atoms with Gasteiger partial charge in [-0.1, -0.05) is 12.1 Å². The smallest absolute Gasteiger partial charge is 0.303 e. The highest BCUT2D eigenvalue weighted by Gasteiger charge is 2.21. The van der Waals surface area contributed by atoms with E-state index in [1.54, 1.807) is 18.2 Å². The lowest BCUT2D eigenvalue weighted by atomic mass is 10.1. The van der Waals surface area contributed by atoms with Crippen LogP contribution in [-0.4, -0.2) is 40.7 Å². The summed E-state index contributed by atoms with van der Waals surface area (Å²) in [6.07, 6.45) is 1.02. The van der Waals surface area contributed by atoms with Gasteiger partial charge in [-0.05, 0) is 24.1 Å². The summed E-state index contributed by atoms with van der Waals surface area (Å²) in [5, 5.41) is 16.5. The Morgan fingerprint density at radius 2 is 2.14 bits per heavy atom. The Morgan fingerprint density at radius 1 is 1.36 bits per heavy atom. The number of nitrogens with one attached hydrogen (secondary N) is 1. The third-order valence-corrected chi connectivity index (χ3v) is 3.28. The van der Waals surface area contributed by atoms with Crippen LogP contribution >= 0.6 is 0 Å². The molecule has 1 aliphatic heterocycles. The van der Waals surface area contributed by atoms with E-state index >= 15 is 0 Å². The average molecular weight is 303 g/mol. The molecule has 116 valence electrons. The van der Waals surface area contributed by atoms with Crippen LogP contribution < -0.4 is 5.32 Å². The lowest BCUT2D eigenvalue weighted by molar-refractivity contribution is -0.137. The molecule has 0 radical (unpaired) electrons. The van der Waals surface area contributed by atoms with E-state index in [1.165, 1.54) is 12.1 Å². The Labute approximate surface area is 127 Å². The zero-order chi connectivity index (χ0) is 16.1. The maximum absolute atomic E-state index is 12.1. The van der Waals surface area contributed by atoms with Gasteiger partial charge >= 0.3 is 5.97 Å². The van der Waals surface area contributed by atoms with Gasteiger partial charge in [0.1, 0.15) is 5.71 Å². The van der Waals surface area contributed by atoms with Crippen molar-refractivity contribution in [2.45, 2.75) is 25.7 Å². The molecule has 0 fully saturated rings. The number of carbonyl (C=O) groups excluding carboxylic acids is 2. The molecule has 0 aliphatic carbocycles. The van der Waals surface area contributed by atoms with E-state index in [0.717, 1.165) is 5.56 Å². The maximum Gasteiger partial charge on any atom is 0.303 e. The van der Waals surface area contributed by atoms with Gasteiger partial charge in [-0.25, -0.2) is 5.01 Å². The molecule has 7 nitrogen and oxygen atoms in total. The summed E-state index contributed by atoms with van der Waals surface area (Å²) in [6.45, 7) is 0. The number of carboxylic acid groups (broad SMARTS) is 1. The minimum Gasteiger partial charge on any atom is -0.481 e. The van der Waals surface area contributed by atoms with Crippen molar-refractivity contribution in [1.82, 2.24) is 5.01 Å². The highest BCUT2D eigenvalue weighted by Crippen LogP contribution is 2.14. The van der Waals surface area contributed by atoms with Crippen molar-refractivity contribution in [3.05, 3.63) is 29.8 Å². The van der Waals surface area contributed by atoms with Gasteiger partial charge in [0.05, 0.1) is 0 Å². The van der Waals surface area contributed by atoms with Crippen molar-refractivity contribution in [3.63, 3.8) is 0 Å². The fraction of sp³-hybridized carbons (Fsp3) is 0.333. The number of anilines is 1. The van der Waals surface area contributed by atoms with Crippen LogP contribution in [0.15, 0.2) is 29.4 Å². The Bertz CT molecular complexity index is 639. The summed E-state index contributed by atoms with van der Waals surface area (Å²) >= 11 is 0. The molecule has 0 unspecified atom stereocenters. The lowest BCUT2D eigenvalue weighted by Gasteiger charge is -2.19. The van der Waals surface area contributed by atoms with Crippen LogP contribution in [0.1, 0.15) is 24.8 Å². The molecular weight excluding hydrogens is 286 g/mol. The quantitative estimate of drug-likeness (QED) is 0.855. The van der Waals surface area contributed by atoms with Gasteiger partial charge in [0.15, 0.2) is 0 Å². The number of nitrogens with zero attached hydrogens (tertiary/aromatic N) is 2. The monoisotopic (exact) mass is 303 g/mol. The number of carbonyl (C=O) groups is 3. The van der Waals surface area contributed by atoms with Gasteiger partial charge in [-0.2, -0.15) is 5.10 Å². The van der Waals surface area contributed by atoms with E-state index in [0.29, 0.717) is 24.2 Å². The number of benzene rings is 1. The predicted octanol–water partition coefficient (Wildman–Crippen LogP) is 1.25. The van der Waals surface area contributed by atoms with Crippen LogP contribution in [0, 0.1) is 0 Å². The minimum absolute atomic E-state index is 0.0387.